The zero-order chi connectivity index (χ0) is 15.4. The lowest BCUT2D eigenvalue weighted by Gasteiger charge is -2.22. The van der Waals surface area contributed by atoms with Crippen LogP contribution in [0.4, 0.5) is 14.9 Å². The number of anilines is 1. The standard InChI is InChI=1S/C15H19FN2O3/c1-2-7-18(9-10-3-4-10)15(21)17-11-5-6-13(16)12(8-11)14(19)20/h5-6,8,10H,2-4,7,9H2,1H3,(H,17,21)(H,19,20). The molecule has 6 heteroatoms. The zero-order valence-electron chi connectivity index (χ0n) is 11.9. The minimum atomic E-state index is -1.35. The predicted molar refractivity (Wildman–Crippen MR) is 77.0 cm³/mol. The maximum Gasteiger partial charge on any atom is 0.338 e. The Kier molecular flexibility index (Phi) is 4.77. The van der Waals surface area contributed by atoms with E-state index in [0.717, 1.165) is 31.4 Å². The highest BCUT2D eigenvalue weighted by molar-refractivity contribution is 5.93. The first-order valence-corrected chi connectivity index (χ1v) is 7.10. The molecule has 1 aliphatic carbocycles. The summed E-state index contributed by atoms with van der Waals surface area (Å²) < 4.78 is 13.3. The Morgan fingerprint density at radius 2 is 2.14 bits per heavy atom. The van der Waals surface area contributed by atoms with Crippen molar-refractivity contribution in [2.45, 2.75) is 26.2 Å². The van der Waals surface area contributed by atoms with Crippen LogP contribution in [0.2, 0.25) is 0 Å². The third-order valence-corrected chi connectivity index (χ3v) is 3.40. The zero-order valence-corrected chi connectivity index (χ0v) is 11.9. The molecule has 0 bridgehead atoms. The molecule has 0 saturated heterocycles. The molecule has 1 saturated carbocycles. The van der Waals surface area contributed by atoms with E-state index in [1.807, 2.05) is 6.92 Å². The van der Waals surface area contributed by atoms with Crippen LogP contribution in [0.1, 0.15) is 36.5 Å². The summed E-state index contributed by atoms with van der Waals surface area (Å²) in [5.41, 5.74) is -0.160. The van der Waals surface area contributed by atoms with E-state index in [-0.39, 0.29) is 11.7 Å². The van der Waals surface area contributed by atoms with Gasteiger partial charge in [-0.05, 0) is 43.4 Å². The van der Waals surface area contributed by atoms with Crippen LogP contribution in [0, 0.1) is 11.7 Å². The van der Waals surface area contributed by atoms with Gasteiger partial charge in [0.2, 0.25) is 0 Å². The molecule has 114 valence electrons. The summed E-state index contributed by atoms with van der Waals surface area (Å²) in [7, 11) is 0. The third-order valence-electron chi connectivity index (χ3n) is 3.40. The van der Waals surface area contributed by atoms with Crippen LogP contribution in [-0.4, -0.2) is 35.1 Å². The fourth-order valence-electron chi connectivity index (χ4n) is 2.13. The van der Waals surface area contributed by atoms with Crippen LogP contribution in [-0.2, 0) is 0 Å². The summed E-state index contributed by atoms with van der Waals surface area (Å²) in [6.45, 7) is 3.36. The molecule has 1 aromatic rings. The summed E-state index contributed by atoms with van der Waals surface area (Å²) in [5, 5.41) is 11.5. The quantitative estimate of drug-likeness (QED) is 0.846. The van der Waals surface area contributed by atoms with Crippen LogP contribution < -0.4 is 5.32 Å². The maximum atomic E-state index is 13.3. The van der Waals surface area contributed by atoms with Gasteiger partial charge >= 0.3 is 12.0 Å². The van der Waals surface area contributed by atoms with Crippen LogP contribution in [0.5, 0.6) is 0 Å². The van der Waals surface area contributed by atoms with E-state index >= 15 is 0 Å². The Morgan fingerprint density at radius 3 is 2.71 bits per heavy atom. The van der Waals surface area contributed by atoms with Gasteiger partial charge in [0.1, 0.15) is 5.82 Å². The number of benzene rings is 1. The number of carbonyl (C=O) groups excluding carboxylic acids is 1. The minimum absolute atomic E-state index is 0.272. The van der Waals surface area contributed by atoms with Crippen molar-refractivity contribution in [1.82, 2.24) is 4.90 Å². The first-order chi connectivity index (χ1) is 10.0. The molecule has 2 amide bonds. The average molecular weight is 294 g/mol. The lowest BCUT2D eigenvalue weighted by molar-refractivity contribution is 0.0692. The van der Waals surface area contributed by atoms with E-state index in [9.17, 15) is 14.0 Å². The number of carboxylic acids is 1. The molecule has 0 aromatic heterocycles. The number of halogens is 1. The van der Waals surface area contributed by atoms with Crippen LogP contribution in [0.15, 0.2) is 18.2 Å². The van der Waals surface area contributed by atoms with Crippen LogP contribution in [0.3, 0.4) is 0 Å². The van der Waals surface area contributed by atoms with Crippen molar-refractivity contribution in [3.63, 3.8) is 0 Å². The second-order valence-electron chi connectivity index (χ2n) is 5.32. The predicted octanol–water partition coefficient (Wildman–Crippen LogP) is 3.18. The number of nitrogens with zero attached hydrogens (tertiary/aromatic N) is 1. The van der Waals surface area contributed by atoms with Gasteiger partial charge in [0.05, 0.1) is 5.56 Å². The highest BCUT2D eigenvalue weighted by Gasteiger charge is 2.26. The Labute approximate surface area is 122 Å². The normalized spacial score (nSPS) is 13.8. The molecule has 0 atom stereocenters. The van der Waals surface area contributed by atoms with Crippen molar-refractivity contribution in [3.8, 4) is 0 Å². The van der Waals surface area contributed by atoms with Crippen molar-refractivity contribution in [2.24, 2.45) is 5.92 Å². The largest absolute Gasteiger partial charge is 0.478 e. The first-order valence-electron chi connectivity index (χ1n) is 7.10. The van der Waals surface area contributed by atoms with Gasteiger partial charge in [-0.3, -0.25) is 0 Å². The molecule has 0 spiro atoms. The topological polar surface area (TPSA) is 69.6 Å². The monoisotopic (exact) mass is 294 g/mol. The fraction of sp³-hybridized carbons (Fsp3) is 0.467. The molecule has 1 fully saturated rings. The van der Waals surface area contributed by atoms with Crippen molar-refractivity contribution in [3.05, 3.63) is 29.6 Å². The number of hydrogen-bond donors (Lipinski definition) is 2. The summed E-state index contributed by atoms with van der Waals surface area (Å²) in [5.74, 6) is -1.60. The molecule has 1 aliphatic rings. The molecule has 2 N–H and O–H groups in total. The van der Waals surface area contributed by atoms with Crippen molar-refractivity contribution in [2.75, 3.05) is 18.4 Å². The van der Waals surface area contributed by atoms with Crippen molar-refractivity contribution >= 4 is 17.7 Å². The Bertz CT molecular complexity index is 544. The van der Waals surface area contributed by atoms with Gasteiger partial charge < -0.3 is 15.3 Å². The number of hydrogen-bond acceptors (Lipinski definition) is 2. The minimum Gasteiger partial charge on any atom is -0.478 e. The van der Waals surface area contributed by atoms with Crippen molar-refractivity contribution < 1.29 is 19.1 Å². The van der Waals surface area contributed by atoms with Gasteiger partial charge in [-0.15, -0.1) is 0 Å². The van der Waals surface area contributed by atoms with E-state index < -0.39 is 17.3 Å². The SMILES string of the molecule is CCCN(CC1CC1)C(=O)Nc1ccc(F)c(C(=O)O)c1. The van der Waals surface area contributed by atoms with Gasteiger partial charge in [0.15, 0.2) is 0 Å². The fourth-order valence-corrected chi connectivity index (χ4v) is 2.13. The number of urea groups is 1. The van der Waals surface area contributed by atoms with E-state index in [1.54, 1.807) is 4.90 Å². The van der Waals surface area contributed by atoms with E-state index in [0.29, 0.717) is 19.0 Å². The van der Waals surface area contributed by atoms with Gasteiger partial charge in [0.25, 0.3) is 0 Å². The Hall–Kier alpha value is -2.11. The summed E-state index contributed by atoms with van der Waals surface area (Å²) in [6.07, 6.45) is 3.14. The van der Waals surface area contributed by atoms with E-state index in [2.05, 4.69) is 5.32 Å². The number of amides is 2. The Balaban J connectivity index is 2.06. The number of aromatic carboxylic acids is 1. The number of rotatable bonds is 6. The summed E-state index contributed by atoms with van der Waals surface area (Å²) in [6, 6.07) is 3.27. The third kappa shape index (κ3) is 4.18. The smallest absolute Gasteiger partial charge is 0.338 e. The number of nitrogens with one attached hydrogen (secondary N) is 1. The molecule has 2 rings (SSSR count). The molecule has 0 unspecified atom stereocenters. The van der Waals surface area contributed by atoms with Gasteiger partial charge in [-0.2, -0.15) is 0 Å². The number of carboxylic acid groups (broad SMARTS) is 1. The lowest BCUT2D eigenvalue weighted by Crippen LogP contribution is -2.37. The summed E-state index contributed by atoms with van der Waals surface area (Å²) >= 11 is 0. The maximum absolute atomic E-state index is 13.3. The van der Waals surface area contributed by atoms with Gasteiger partial charge in [0, 0.05) is 18.8 Å². The average Bonchev–Trinajstić information content (AvgIpc) is 3.24. The van der Waals surface area contributed by atoms with Crippen LogP contribution >= 0.6 is 0 Å². The van der Waals surface area contributed by atoms with Crippen LogP contribution in [0.25, 0.3) is 0 Å². The number of carbonyl (C=O) groups is 2. The Morgan fingerprint density at radius 1 is 1.43 bits per heavy atom. The van der Waals surface area contributed by atoms with Gasteiger partial charge in [-0.1, -0.05) is 6.92 Å². The molecule has 0 radical (unpaired) electrons. The highest BCUT2D eigenvalue weighted by atomic mass is 19.1. The second-order valence-corrected chi connectivity index (χ2v) is 5.32. The molecule has 0 aliphatic heterocycles. The van der Waals surface area contributed by atoms with Gasteiger partial charge in [-0.25, -0.2) is 14.0 Å². The molecule has 1 aromatic carbocycles. The highest BCUT2D eigenvalue weighted by Crippen LogP contribution is 2.30. The van der Waals surface area contributed by atoms with E-state index in [4.69, 9.17) is 5.11 Å². The molecular formula is C15H19FN2O3. The molecule has 5 nitrogen and oxygen atoms in total. The second kappa shape index (κ2) is 6.56. The molecule has 21 heavy (non-hydrogen) atoms. The summed E-state index contributed by atoms with van der Waals surface area (Å²) in [4.78, 5) is 24.8. The van der Waals surface area contributed by atoms with E-state index in [1.165, 1.54) is 6.07 Å². The lowest BCUT2D eigenvalue weighted by atomic mass is 10.2. The first kappa shape index (κ1) is 15.3. The van der Waals surface area contributed by atoms with Crippen molar-refractivity contribution in [1.29, 1.82) is 0 Å². The molecular weight excluding hydrogens is 275 g/mol. The molecule has 0 heterocycles.